The fourth-order valence-corrected chi connectivity index (χ4v) is 3.43. The van der Waals surface area contributed by atoms with Gasteiger partial charge in [0.25, 0.3) is 0 Å². The fraction of sp³-hybridized carbons (Fsp3) is 0.0769. The van der Waals surface area contributed by atoms with Crippen LogP contribution >= 0.6 is 15.9 Å². The largest absolute Gasteiger partial charge is 0.0931 e. The number of halogens is 1. The Morgan fingerprint density at radius 1 is 0.630 bits per heavy atom. The Morgan fingerprint density at radius 3 is 2.19 bits per heavy atom. The molecular weight excluding hydrogens is 392 g/mol. The van der Waals surface area contributed by atoms with E-state index in [0.29, 0.717) is 0 Å². The van der Waals surface area contributed by atoms with Crippen molar-refractivity contribution in [2.45, 2.75) is 12.8 Å². The summed E-state index contributed by atoms with van der Waals surface area (Å²) in [6.45, 7) is 0. The lowest BCUT2D eigenvalue weighted by atomic mass is 10.00. The van der Waals surface area contributed by atoms with E-state index in [0.717, 1.165) is 22.9 Å². The van der Waals surface area contributed by atoms with Gasteiger partial charge in [-0.15, -0.1) is 0 Å². The first-order chi connectivity index (χ1) is 13.3. The van der Waals surface area contributed by atoms with Crippen LogP contribution < -0.4 is 0 Å². The molecule has 0 heterocycles. The van der Waals surface area contributed by atoms with E-state index >= 15 is 0 Å². The lowest BCUT2D eigenvalue weighted by Crippen LogP contribution is -1.88. The van der Waals surface area contributed by atoms with Crippen LogP contribution in [-0.4, -0.2) is 0 Å². The third-order valence-electron chi connectivity index (χ3n) is 4.59. The van der Waals surface area contributed by atoms with E-state index in [-0.39, 0.29) is 0 Å². The second kappa shape index (κ2) is 8.25. The second-order valence-corrected chi connectivity index (χ2v) is 7.58. The van der Waals surface area contributed by atoms with E-state index in [9.17, 15) is 0 Å². The molecule has 0 unspecified atom stereocenters. The van der Waals surface area contributed by atoms with E-state index in [1.54, 1.807) is 0 Å². The maximum atomic E-state index is 3.49. The molecule has 0 radical (unpaired) electrons. The minimum absolute atomic E-state index is 0.780. The predicted molar refractivity (Wildman–Crippen MR) is 118 cm³/mol. The van der Waals surface area contributed by atoms with Gasteiger partial charge in [-0.2, -0.15) is 0 Å². The summed E-state index contributed by atoms with van der Waals surface area (Å²) in [5.74, 6) is 6.59. The van der Waals surface area contributed by atoms with Gasteiger partial charge in [0, 0.05) is 16.5 Å². The molecule has 0 aliphatic carbocycles. The average molecular weight is 411 g/mol. The molecule has 27 heavy (non-hydrogen) atoms. The number of hydrogen-bond donors (Lipinski definition) is 0. The van der Waals surface area contributed by atoms with Crippen molar-refractivity contribution in [1.82, 2.24) is 0 Å². The van der Waals surface area contributed by atoms with Crippen LogP contribution in [0.4, 0.5) is 0 Å². The summed E-state index contributed by atoms with van der Waals surface area (Å²) in [4.78, 5) is 0. The van der Waals surface area contributed by atoms with Crippen LogP contribution in [0, 0.1) is 11.8 Å². The van der Waals surface area contributed by atoms with Gasteiger partial charge in [0.15, 0.2) is 0 Å². The van der Waals surface area contributed by atoms with Gasteiger partial charge in [0.2, 0.25) is 0 Å². The quantitative estimate of drug-likeness (QED) is 0.326. The predicted octanol–water partition coefficient (Wildman–Crippen LogP) is 6.79. The fourth-order valence-electron chi connectivity index (χ4n) is 3.17. The van der Waals surface area contributed by atoms with Crippen molar-refractivity contribution in [2.24, 2.45) is 0 Å². The Bertz CT molecular complexity index is 1110. The highest BCUT2D eigenvalue weighted by Gasteiger charge is 2.00. The highest BCUT2D eigenvalue weighted by molar-refractivity contribution is 9.10. The minimum Gasteiger partial charge on any atom is -0.0931 e. The first-order valence-corrected chi connectivity index (χ1v) is 9.85. The van der Waals surface area contributed by atoms with E-state index < -0.39 is 0 Å². The molecule has 0 bridgehead atoms. The summed E-state index contributed by atoms with van der Waals surface area (Å²) >= 11 is 3.49. The maximum absolute atomic E-state index is 3.49. The summed E-state index contributed by atoms with van der Waals surface area (Å²) < 4.78 is 1.11. The van der Waals surface area contributed by atoms with Gasteiger partial charge >= 0.3 is 0 Å². The van der Waals surface area contributed by atoms with Crippen LogP contribution in [0.5, 0.6) is 0 Å². The van der Waals surface area contributed by atoms with Crippen LogP contribution in [0.15, 0.2) is 95.5 Å². The van der Waals surface area contributed by atoms with Crippen molar-refractivity contribution < 1.29 is 0 Å². The first kappa shape index (κ1) is 17.6. The molecule has 4 aromatic carbocycles. The summed E-state index contributed by atoms with van der Waals surface area (Å²) in [7, 11) is 0. The second-order valence-electron chi connectivity index (χ2n) is 6.66. The monoisotopic (exact) mass is 410 g/mol. The third-order valence-corrected chi connectivity index (χ3v) is 5.12. The normalized spacial score (nSPS) is 10.4. The summed E-state index contributed by atoms with van der Waals surface area (Å²) in [6.07, 6.45) is 1.72. The molecule has 0 saturated carbocycles. The van der Waals surface area contributed by atoms with Gasteiger partial charge in [-0.1, -0.05) is 94.5 Å². The molecule has 0 spiro atoms. The maximum Gasteiger partial charge on any atom is 0.0344 e. The van der Waals surface area contributed by atoms with E-state index in [4.69, 9.17) is 0 Å². The molecule has 130 valence electrons. The van der Waals surface area contributed by atoms with E-state index in [1.807, 2.05) is 6.07 Å². The standard InChI is InChI=1S/C26H19Br/c27-26-15-11-22(12-16-26)17-23-10-14-24-13-9-21(18-25(24)19-23)8-4-7-20-5-2-1-3-6-20/h1-3,5-6,9-16,18-19H,7,17H2. The first-order valence-electron chi connectivity index (χ1n) is 9.06. The summed E-state index contributed by atoms with van der Waals surface area (Å²) in [6, 6.07) is 32.0. The minimum atomic E-state index is 0.780. The molecule has 0 nitrogen and oxygen atoms in total. The Balaban J connectivity index is 1.55. The lowest BCUT2D eigenvalue weighted by Gasteiger charge is -2.05. The van der Waals surface area contributed by atoms with Gasteiger partial charge in [-0.25, -0.2) is 0 Å². The van der Waals surface area contributed by atoms with Crippen LogP contribution in [0.25, 0.3) is 10.8 Å². The van der Waals surface area contributed by atoms with Crippen LogP contribution in [-0.2, 0) is 12.8 Å². The molecule has 1 heteroatoms. The van der Waals surface area contributed by atoms with Gasteiger partial charge in [0.05, 0.1) is 0 Å². The molecule has 0 aliphatic heterocycles. The third kappa shape index (κ3) is 4.67. The van der Waals surface area contributed by atoms with Gasteiger partial charge in [-0.3, -0.25) is 0 Å². The molecule has 0 aromatic heterocycles. The molecule has 0 aliphatic rings. The highest BCUT2D eigenvalue weighted by atomic mass is 79.9. The zero-order valence-corrected chi connectivity index (χ0v) is 16.5. The van der Waals surface area contributed by atoms with Gasteiger partial charge < -0.3 is 0 Å². The van der Waals surface area contributed by atoms with Crippen LogP contribution in [0.3, 0.4) is 0 Å². The lowest BCUT2D eigenvalue weighted by molar-refractivity contribution is 1.20. The SMILES string of the molecule is Brc1ccc(Cc2ccc3ccc(C#CCc4ccccc4)cc3c2)cc1. The average Bonchev–Trinajstić information content (AvgIpc) is 2.70. The van der Waals surface area contributed by atoms with E-state index in [1.165, 1.54) is 27.5 Å². The Hall–Kier alpha value is -2.82. The van der Waals surface area contributed by atoms with Crippen molar-refractivity contribution in [3.05, 3.63) is 118 Å². The Labute approximate surface area is 169 Å². The number of benzene rings is 4. The van der Waals surface area contributed by atoms with Gasteiger partial charge in [0.1, 0.15) is 0 Å². The zero-order valence-electron chi connectivity index (χ0n) is 15.0. The molecule has 4 aromatic rings. The van der Waals surface area contributed by atoms with Crippen molar-refractivity contribution in [2.75, 3.05) is 0 Å². The molecule has 0 N–H and O–H groups in total. The van der Waals surface area contributed by atoms with Crippen molar-refractivity contribution in [3.63, 3.8) is 0 Å². The van der Waals surface area contributed by atoms with Crippen molar-refractivity contribution >= 4 is 26.7 Å². The van der Waals surface area contributed by atoms with Gasteiger partial charge in [-0.05, 0) is 58.1 Å². The summed E-state index contributed by atoms with van der Waals surface area (Å²) in [5.41, 5.74) is 4.96. The van der Waals surface area contributed by atoms with Crippen molar-refractivity contribution in [1.29, 1.82) is 0 Å². The molecular formula is C26H19Br. The van der Waals surface area contributed by atoms with Crippen LogP contribution in [0.1, 0.15) is 22.3 Å². The highest BCUT2D eigenvalue weighted by Crippen LogP contribution is 2.20. The van der Waals surface area contributed by atoms with Crippen LogP contribution in [0.2, 0.25) is 0 Å². The van der Waals surface area contributed by atoms with Crippen molar-refractivity contribution in [3.8, 4) is 11.8 Å². The molecule has 0 fully saturated rings. The number of hydrogen-bond acceptors (Lipinski definition) is 0. The topological polar surface area (TPSA) is 0 Å². The molecule has 0 amide bonds. The smallest absolute Gasteiger partial charge is 0.0344 e. The summed E-state index contributed by atoms with van der Waals surface area (Å²) in [5, 5.41) is 2.50. The number of fused-ring (bicyclic) bond motifs is 1. The molecule has 0 atom stereocenters. The number of rotatable bonds is 3. The Morgan fingerprint density at radius 2 is 1.37 bits per heavy atom. The zero-order chi connectivity index (χ0) is 18.5. The van der Waals surface area contributed by atoms with E-state index in [2.05, 4.69) is 113 Å². The Kier molecular flexibility index (Phi) is 5.37. The molecule has 0 saturated heterocycles. The molecule has 4 rings (SSSR count).